The molecule has 2 aromatic carbocycles. The van der Waals surface area contributed by atoms with Gasteiger partial charge in [-0.05, 0) is 67.3 Å². The zero-order valence-corrected chi connectivity index (χ0v) is 18.4. The van der Waals surface area contributed by atoms with Gasteiger partial charge in [-0.3, -0.25) is 9.58 Å². The monoisotopic (exact) mass is 439 g/mol. The second-order valence-electron chi connectivity index (χ2n) is 8.52. The molecule has 2 heterocycles. The highest BCUT2D eigenvalue weighted by Gasteiger charge is 2.33. The maximum Gasteiger partial charge on any atom is 0.123 e. The zero-order valence-electron chi connectivity index (χ0n) is 18.4. The second-order valence-corrected chi connectivity index (χ2v) is 8.52. The fourth-order valence-corrected chi connectivity index (χ4v) is 3.86. The number of piperidine rings is 1. The van der Waals surface area contributed by atoms with E-state index in [1.807, 2.05) is 36.1 Å². The highest BCUT2D eigenvalue weighted by Crippen LogP contribution is 2.25. The van der Waals surface area contributed by atoms with Crippen molar-refractivity contribution in [1.82, 2.24) is 14.7 Å². The molecular formula is C25H30FN3O3. The average molecular weight is 440 g/mol. The van der Waals surface area contributed by atoms with E-state index in [0.717, 1.165) is 30.9 Å². The minimum Gasteiger partial charge on any atom is -0.492 e. The zero-order chi connectivity index (χ0) is 22.4. The van der Waals surface area contributed by atoms with Gasteiger partial charge in [0.2, 0.25) is 0 Å². The standard InChI is InChI=1S/C25H30FN3O3/c1-20-16-27-29(17-20)13-14-31-24-4-2-3-21(15-24)18-28-11-9-25(30,10-12-28)19-32-23-7-5-22(26)6-8-23/h2-8,15-17,30H,9-14,18-19H2,1H3. The summed E-state index contributed by atoms with van der Waals surface area (Å²) in [5.74, 6) is 1.13. The average Bonchev–Trinajstić information content (AvgIpc) is 3.21. The molecule has 170 valence electrons. The first-order chi connectivity index (χ1) is 15.5. The van der Waals surface area contributed by atoms with Crippen LogP contribution in [0.2, 0.25) is 0 Å². The maximum absolute atomic E-state index is 13.0. The number of hydrogen-bond donors (Lipinski definition) is 1. The Morgan fingerprint density at radius 1 is 1.06 bits per heavy atom. The molecule has 6 nitrogen and oxygen atoms in total. The Morgan fingerprint density at radius 2 is 1.84 bits per heavy atom. The summed E-state index contributed by atoms with van der Waals surface area (Å²) in [6.45, 7) is 5.89. The Kier molecular flexibility index (Phi) is 7.07. The molecule has 0 radical (unpaired) electrons. The van der Waals surface area contributed by atoms with E-state index in [1.165, 1.54) is 17.7 Å². The molecule has 1 aliphatic rings. The predicted octanol–water partition coefficient (Wildman–Crippen LogP) is 3.82. The number of benzene rings is 2. The van der Waals surface area contributed by atoms with E-state index in [9.17, 15) is 9.50 Å². The summed E-state index contributed by atoms with van der Waals surface area (Å²) in [5.41, 5.74) is 1.47. The Morgan fingerprint density at radius 3 is 2.56 bits per heavy atom. The Bertz CT molecular complexity index is 998. The van der Waals surface area contributed by atoms with Crippen LogP contribution in [0.3, 0.4) is 0 Å². The van der Waals surface area contributed by atoms with Gasteiger partial charge in [0.25, 0.3) is 0 Å². The summed E-state index contributed by atoms with van der Waals surface area (Å²) in [6, 6.07) is 14.0. The molecule has 7 heteroatoms. The lowest BCUT2D eigenvalue weighted by Crippen LogP contribution is -2.47. The van der Waals surface area contributed by atoms with Crippen molar-refractivity contribution in [3.63, 3.8) is 0 Å². The molecule has 0 saturated carbocycles. The van der Waals surface area contributed by atoms with E-state index < -0.39 is 5.60 Å². The Hall–Kier alpha value is -2.90. The summed E-state index contributed by atoms with van der Waals surface area (Å²) >= 11 is 0. The maximum atomic E-state index is 13.0. The van der Waals surface area contributed by atoms with Gasteiger partial charge in [-0.15, -0.1) is 0 Å². The molecule has 1 aromatic heterocycles. The van der Waals surface area contributed by atoms with Gasteiger partial charge in [0.15, 0.2) is 0 Å². The van der Waals surface area contributed by atoms with Crippen LogP contribution in [-0.4, -0.2) is 51.7 Å². The topological polar surface area (TPSA) is 59.8 Å². The summed E-state index contributed by atoms with van der Waals surface area (Å²) in [4.78, 5) is 2.33. The van der Waals surface area contributed by atoms with Crippen molar-refractivity contribution < 1.29 is 19.0 Å². The van der Waals surface area contributed by atoms with Crippen molar-refractivity contribution in [2.24, 2.45) is 0 Å². The van der Waals surface area contributed by atoms with Crippen molar-refractivity contribution in [2.45, 2.75) is 38.5 Å². The number of rotatable bonds is 9. The third kappa shape index (κ3) is 6.31. The van der Waals surface area contributed by atoms with E-state index in [2.05, 4.69) is 22.1 Å². The number of ether oxygens (including phenoxy) is 2. The summed E-state index contributed by atoms with van der Waals surface area (Å²) in [7, 11) is 0. The normalized spacial score (nSPS) is 16.1. The summed E-state index contributed by atoms with van der Waals surface area (Å²) < 4.78 is 26.5. The van der Waals surface area contributed by atoms with Gasteiger partial charge in [-0.1, -0.05) is 12.1 Å². The molecule has 0 spiro atoms. The van der Waals surface area contributed by atoms with Crippen molar-refractivity contribution in [3.8, 4) is 11.5 Å². The van der Waals surface area contributed by atoms with E-state index in [-0.39, 0.29) is 12.4 Å². The highest BCUT2D eigenvalue weighted by molar-refractivity contribution is 5.28. The lowest BCUT2D eigenvalue weighted by Gasteiger charge is -2.38. The van der Waals surface area contributed by atoms with E-state index in [0.29, 0.717) is 31.7 Å². The molecule has 0 aliphatic carbocycles. The van der Waals surface area contributed by atoms with Gasteiger partial charge < -0.3 is 14.6 Å². The predicted molar refractivity (Wildman–Crippen MR) is 120 cm³/mol. The number of aryl methyl sites for hydroxylation is 1. The Labute approximate surface area is 188 Å². The molecule has 0 amide bonds. The Balaban J connectivity index is 1.22. The van der Waals surface area contributed by atoms with Gasteiger partial charge in [-0.25, -0.2) is 4.39 Å². The van der Waals surface area contributed by atoms with Gasteiger partial charge in [0.05, 0.1) is 12.7 Å². The van der Waals surface area contributed by atoms with Crippen LogP contribution in [0, 0.1) is 12.7 Å². The number of nitrogens with zero attached hydrogens (tertiary/aromatic N) is 3. The quantitative estimate of drug-likeness (QED) is 0.549. The van der Waals surface area contributed by atoms with Crippen LogP contribution in [0.5, 0.6) is 11.5 Å². The molecule has 1 fully saturated rings. The second kappa shape index (κ2) is 10.1. The number of halogens is 1. The van der Waals surface area contributed by atoms with Gasteiger partial charge in [0, 0.05) is 25.8 Å². The van der Waals surface area contributed by atoms with Crippen LogP contribution in [0.1, 0.15) is 24.0 Å². The molecule has 32 heavy (non-hydrogen) atoms. The van der Waals surface area contributed by atoms with Crippen LogP contribution in [0.4, 0.5) is 4.39 Å². The van der Waals surface area contributed by atoms with E-state index >= 15 is 0 Å². The third-order valence-electron chi connectivity index (χ3n) is 5.76. The molecular weight excluding hydrogens is 409 g/mol. The SMILES string of the molecule is Cc1cnn(CCOc2cccc(CN3CCC(O)(COc4ccc(F)cc4)CC3)c2)c1. The van der Waals surface area contributed by atoms with E-state index in [4.69, 9.17) is 9.47 Å². The first-order valence-electron chi connectivity index (χ1n) is 11.0. The highest BCUT2D eigenvalue weighted by atomic mass is 19.1. The lowest BCUT2D eigenvalue weighted by atomic mass is 9.92. The molecule has 1 aliphatic heterocycles. The largest absolute Gasteiger partial charge is 0.492 e. The van der Waals surface area contributed by atoms with E-state index in [1.54, 1.807) is 12.1 Å². The van der Waals surface area contributed by atoms with Crippen molar-refractivity contribution in [3.05, 3.63) is 77.9 Å². The van der Waals surface area contributed by atoms with Gasteiger partial charge in [-0.2, -0.15) is 5.10 Å². The van der Waals surface area contributed by atoms with Crippen molar-refractivity contribution in [2.75, 3.05) is 26.3 Å². The molecule has 0 atom stereocenters. The first kappa shape index (κ1) is 22.3. The van der Waals surface area contributed by atoms with Crippen LogP contribution < -0.4 is 9.47 Å². The fraction of sp³-hybridized carbons (Fsp3) is 0.400. The smallest absolute Gasteiger partial charge is 0.123 e. The number of likely N-dealkylation sites (tertiary alicyclic amines) is 1. The minimum atomic E-state index is -0.860. The number of hydrogen-bond acceptors (Lipinski definition) is 5. The molecule has 0 bridgehead atoms. The van der Waals surface area contributed by atoms with Crippen LogP contribution in [-0.2, 0) is 13.1 Å². The van der Waals surface area contributed by atoms with Gasteiger partial charge >= 0.3 is 0 Å². The molecule has 0 unspecified atom stereocenters. The van der Waals surface area contributed by atoms with Crippen molar-refractivity contribution in [1.29, 1.82) is 0 Å². The minimum absolute atomic E-state index is 0.214. The lowest BCUT2D eigenvalue weighted by molar-refractivity contribution is -0.0537. The third-order valence-corrected chi connectivity index (χ3v) is 5.76. The molecule has 1 N–H and O–H groups in total. The fourth-order valence-electron chi connectivity index (χ4n) is 3.86. The van der Waals surface area contributed by atoms with Crippen molar-refractivity contribution >= 4 is 0 Å². The molecule has 4 rings (SSSR count). The van der Waals surface area contributed by atoms with Crippen LogP contribution in [0.25, 0.3) is 0 Å². The van der Waals surface area contributed by atoms with Crippen LogP contribution in [0.15, 0.2) is 60.9 Å². The molecule has 1 saturated heterocycles. The number of aromatic nitrogens is 2. The molecule has 3 aromatic rings. The van der Waals surface area contributed by atoms with Gasteiger partial charge in [0.1, 0.15) is 36.1 Å². The first-order valence-corrected chi connectivity index (χ1v) is 11.0. The number of aliphatic hydroxyl groups is 1. The summed E-state index contributed by atoms with van der Waals surface area (Å²) in [5, 5.41) is 15.1. The van der Waals surface area contributed by atoms with Crippen LogP contribution >= 0.6 is 0 Å². The summed E-state index contributed by atoms with van der Waals surface area (Å²) in [6.07, 6.45) is 5.11.